The van der Waals surface area contributed by atoms with Gasteiger partial charge in [-0.15, -0.1) is 0 Å². The van der Waals surface area contributed by atoms with Gasteiger partial charge in [0.05, 0.1) is 34.5 Å². The second-order valence-electron chi connectivity index (χ2n) is 14.0. The molecule has 4 aromatic rings. The average Bonchev–Trinajstić information content (AvgIpc) is 3.65. The molecule has 6 heterocycles. The van der Waals surface area contributed by atoms with Crippen LogP contribution in [0.5, 0.6) is 6.01 Å². The van der Waals surface area contributed by atoms with Crippen LogP contribution in [-0.2, 0) is 4.79 Å². The van der Waals surface area contributed by atoms with E-state index in [4.69, 9.17) is 21.3 Å². The van der Waals surface area contributed by atoms with Crippen LogP contribution >= 0.6 is 11.6 Å². The molecular weight excluding hydrogens is 700 g/mol. The highest BCUT2D eigenvalue weighted by molar-refractivity contribution is 6.36. The first-order valence-corrected chi connectivity index (χ1v) is 17.8. The summed E-state index contributed by atoms with van der Waals surface area (Å²) in [5, 5.41) is 13.7. The van der Waals surface area contributed by atoms with E-state index in [1.165, 1.54) is 23.2 Å². The molecular formula is C37H35ClF4N8O2. The SMILES string of the molecule is N#CC[C@H]1CN(c2nc(OC[C@@]34CCCN3C[C@H](F)C4)nc3c(F)c(-c4cccc5ccc(F)c(Cl)c45)ncc23)CCN1C(=O)/C(F)=C/C1CCN1. The second kappa shape index (κ2) is 13.8. The summed E-state index contributed by atoms with van der Waals surface area (Å²) in [4.78, 5) is 32.1. The highest BCUT2D eigenvalue weighted by atomic mass is 35.5. The molecule has 0 radical (unpaired) electrons. The Bertz CT molecular complexity index is 2140. The number of halogens is 5. The van der Waals surface area contributed by atoms with Gasteiger partial charge in [-0.1, -0.05) is 35.9 Å². The molecule has 52 heavy (non-hydrogen) atoms. The number of aromatic nitrogens is 3. The fourth-order valence-corrected chi connectivity index (χ4v) is 8.38. The molecule has 4 atom stereocenters. The Labute approximate surface area is 302 Å². The summed E-state index contributed by atoms with van der Waals surface area (Å²) in [6, 6.07) is 8.87. The molecule has 1 unspecified atom stereocenters. The number of nitrogens with zero attached hydrogens (tertiary/aromatic N) is 7. The lowest BCUT2D eigenvalue weighted by Gasteiger charge is -2.41. The molecule has 1 N–H and O–H groups in total. The van der Waals surface area contributed by atoms with Gasteiger partial charge in [-0.3, -0.25) is 14.7 Å². The molecule has 4 aliphatic rings. The molecule has 8 rings (SSSR count). The number of amides is 1. The number of nitrogens with one attached hydrogen (secondary N) is 1. The molecule has 1 amide bonds. The number of carbonyl (C=O) groups is 1. The van der Waals surface area contributed by atoms with Crippen molar-refractivity contribution >= 4 is 45.0 Å². The number of piperazine rings is 1. The van der Waals surface area contributed by atoms with Crippen LogP contribution < -0.4 is 15.0 Å². The smallest absolute Gasteiger partial charge is 0.319 e. The quantitative estimate of drug-likeness (QED) is 0.175. The van der Waals surface area contributed by atoms with Crippen molar-refractivity contribution in [2.45, 2.75) is 55.9 Å². The maximum atomic E-state index is 16.9. The minimum atomic E-state index is -0.985. The van der Waals surface area contributed by atoms with Crippen molar-refractivity contribution in [3.8, 4) is 23.3 Å². The third-order valence-corrected chi connectivity index (χ3v) is 11.2. The number of carbonyl (C=O) groups excluding carboxylic acids is 1. The summed E-state index contributed by atoms with van der Waals surface area (Å²) < 4.78 is 67.3. The van der Waals surface area contributed by atoms with Crippen LogP contribution in [0.1, 0.15) is 32.1 Å². The zero-order valence-electron chi connectivity index (χ0n) is 28.1. The summed E-state index contributed by atoms with van der Waals surface area (Å²) in [5.41, 5.74) is -0.501. The summed E-state index contributed by atoms with van der Waals surface area (Å²) in [5.74, 6) is -2.91. The third-order valence-electron chi connectivity index (χ3n) is 10.8. The van der Waals surface area contributed by atoms with Crippen LogP contribution in [0.3, 0.4) is 0 Å². The highest BCUT2D eigenvalue weighted by Crippen LogP contribution is 2.42. The van der Waals surface area contributed by atoms with Gasteiger partial charge in [0.25, 0.3) is 5.91 Å². The molecule has 270 valence electrons. The molecule has 0 bridgehead atoms. The van der Waals surface area contributed by atoms with Gasteiger partial charge in [0.2, 0.25) is 0 Å². The second-order valence-corrected chi connectivity index (χ2v) is 14.3. The van der Waals surface area contributed by atoms with Crippen molar-refractivity contribution in [1.29, 1.82) is 5.26 Å². The molecule has 15 heteroatoms. The van der Waals surface area contributed by atoms with E-state index < -0.39 is 41.1 Å². The van der Waals surface area contributed by atoms with Crippen molar-refractivity contribution in [1.82, 2.24) is 30.1 Å². The Morgan fingerprint density at radius 1 is 1.17 bits per heavy atom. The van der Waals surface area contributed by atoms with Crippen LogP contribution in [0.15, 0.2) is 48.4 Å². The number of anilines is 1. The monoisotopic (exact) mass is 734 g/mol. The standard InChI is InChI=1S/C37H35ClF4N8O2/c38-30-27(40)6-5-21-3-1-4-25(29(21)30)32-31(42)33-26(17-45-32)34(47-36(46-33)52-20-37-9-2-12-49(37)18-22(39)16-37)48-13-14-50(24(19-48)7-10-43)35(51)28(41)15-23-8-11-44-23/h1,3-6,15,17,22-24,44H,2,7-9,11-14,16,18-20H2/b28-15-/t22-,23?,24+,37+/m1/s1. The molecule has 4 aliphatic heterocycles. The number of hydrogen-bond acceptors (Lipinski definition) is 9. The minimum absolute atomic E-state index is 0.0657. The maximum Gasteiger partial charge on any atom is 0.319 e. The molecule has 10 nitrogen and oxygen atoms in total. The van der Waals surface area contributed by atoms with E-state index in [-0.39, 0.29) is 83.1 Å². The molecule has 0 aliphatic carbocycles. The number of alkyl halides is 1. The molecule has 4 fully saturated rings. The van der Waals surface area contributed by atoms with Gasteiger partial charge in [-0.05, 0) is 49.9 Å². The number of rotatable bonds is 8. The van der Waals surface area contributed by atoms with Gasteiger partial charge >= 0.3 is 6.01 Å². The zero-order chi connectivity index (χ0) is 36.1. The van der Waals surface area contributed by atoms with Gasteiger partial charge in [-0.2, -0.15) is 15.2 Å². The number of ether oxygens (including phenoxy) is 1. The van der Waals surface area contributed by atoms with Gasteiger partial charge in [0.1, 0.15) is 35.6 Å². The summed E-state index contributed by atoms with van der Waals surface area (Å²) >= 11 is 6.40. The average molecular weight is 735 g/mol. The lowest BCUT2D eigenvalue weighted by molar-refractivity contribution is -0.131. The van der Waals surface area contributed by atoms with E-state index in [0.29, 0.717) is 18.4 Å². The first-order valence-electron chi connectivity index (χ1n) is 17.4. The lowest BCUT2D eigenvalue weighted by atomic mass is 9.95. The van der Waals surface area contributed by atoms with E-state index in [2.05, 4.69) is 26.3 Å². The minimum Gasteiger partial charge on any atom is -0.461 e. The Hall–Kier alpha value is -4.58. The molecule has 2 aromatic carbocycles. The maximum absolute atomic E-state index is 16.9. The van der Waals surface area contributed by atoms with Crippen LogP contribution in [0.2, 0.25) is 5.02 Å². The van der Waals surface area contributed by atoms with E-state index in [9.17, 15) is 18.8 Å². The van der Waals surface area contributed by atoms with Gasteiger partial charge in [0, 0.05) is 55.8 Å². The van der Waals surface area contributed by atoms with Crippen LogP contribution in [-0.4, -0.2) is 100 Å². The lowest BCUT2D eigenvalue weighted by Crippen LogP contribution is -2.55. The van der Waals surface area contributed by atoms with Crippen molar-refractivity contribution in [3.63, 3.8) is 0 Å². The van der Waals surface area contributed by atoms with E-state index in [1.807, 2.05) is 0 Å². The number of fused-ring (bicyclic) bond motifs is 3. The first-order chi connectivity index (χ1) is 25.2. The number of nitriles is 1. The van der Waals surface area contributed by atoms with E-state index in [0.717, 1.165) is 32.4 Å². The van der Waals surface area contributed by atoms with Crippen LogP contribution in [0, 0.1) is 23.0 Å². The summed E-state index contributed by atoms with van der Waals surface area (Å²) in [7, 11) is 0. The van der Waals surface area contributed by atoms with Gasteiger partial charge in [-0.25, -0.2) is 17.6 Å². The number of benzene rings is 2. The van der Waals surface area contributed by atoms with Crippen LogP contribution in [0.4, 0.5) is 23.4 Å². The Balaban J connectivity index is 1.19. The van der Waals surface area contributed by atoms with Gasteiger partial charge in [0.15, 0.2) is 11.6 Å². The van der Waals surface area contributed by atoms with Crippen molar-refractivity contribution in [2.24, 2.45) is 0 Å². The summed E-state index contributed by atoms with van der Waals surface area (Å²) in [6.07, 6.45) is 4.30. The fraction of sp³-hybridized carbons (Fsp3) is 0.432. The van der Waals surface area contributed by atoms with E-state index in [1.54, 1.807) is 29.2 Å². The van der Waals surface area contributed by atoms with Crippen molar-refractivity contribution in [2.75, 3.05) is 50.8 Å². The Morgan fingerprint density at radius 3 is 2.81 bits per heavy atom. The predicted octanol–water partition coefficient (Wildman–Crippen LogP) is 5.88. The van der Waals surface area contributed by atoms with Crippen molar-refractivity contribution in [3.05, 3.63) is 65.1 Å². The topological polar surface area (TPSA) is 111 Å². The first kappa shape index (κ1) is 34.5. The van der Waals surface area contributed by atoms with E-state index >= 15 is 8.78 Å². The normalized spacial score (nSPS) is 25.0. The largest absolute Gasteiger partial charge is 0.461 e. The van der Waals surface area contributed by atoms with Crippen molar-refractivity contribution < 1.29 is 27.1 Å². The Morgan fingerprint density at radius 2 is 2.02 bits per heavy atom. The number of pyridine rings is 1. The fourth-order valence-electron chi connectivity index (χ4n) is 8.10. The predicted molar refractivity (Wildman–Crippen MR) is 187 cm³/mol. The molecule has 2 aromatic heterocycles. The summed E-state index contributed by atoms with van der Waals surface area (Å²) in [6.45, 7) is 2.24. The Kier molecular flexibility index (Phi) is 9.13. The highest BCUT2D eigenvalue weighted by Gasteiger charge is 2.49. The zero-order valence-corrected chi connectivity index (χ0v) is 28.9. The number of hydrogen-bond donors (Lipinski definition) is 1. The molecule has 4 saturated heterocycles. The van der Waals surface area contributed by atoms with Gasteiger partial charge < -0.3 is 19.9 Å². The van der Waals surface area contributed by atoms with Crippen LogP contribution in [0.25, 0.3) is 32.9 Å². The molecule has 0 saturated carbocycles. The molecule has 0 spiro atoms. The third kappa shape index (κ3) is 6.08.